The fourth-order valence-electron chi connectivity index (χ4n) is 1.32. The van der Waals surface area contributed by atoms with Crippen molar-refractivity contribution in [3.05, 3.63) is 47.0 Å². The molecule has 0 saturated heterocycles. The maximum atomic E-state index is 10.6. The Bertz CT molecular complexity index is 324. The van der Waals surface area contributed by atoms with E-state index in [-0.39, 0.29) is 0 Å². The summed E-state index contributed by atoms with van der Waals surface area (Å²) >= 11 is 0. The first-order chi connectivity index (χ1) is 6.79. The summed E-state index contributed by atoms with van der Waals surface area (Å²) in [7, 11) is 0. The van der Waals surface area contributed by atoms with Crippen molar-refractivity contribution in [2.75, 3.05) is 0 Å². The average Bonchev–Trinajstić information content (AvgIpc) is 2.67. The van der Waals surface area contributed by atoms with Crippen LogP contribution >= 0.6 is 0 Å². The van der Waals surface area contributed by atoms with Gasteiger partial charge in [-0.05, 0) is 12.2 Å². The van der Waals surface area contributed by atoms with Crippen LogP contribution in [-0.2, 0) is 4.74 Å². The van der Waals surface area contributed by atoms with E-state index in [1.54, 1.807) is 24.4 Å². The molecule has 0 aromatic carbocycles. The Kier molecular flexibility index (Phi) is 2.10. The Morgan fingerprint density at radius 3 is 3.00 bits per heavy atom. The predicted octanol–water partition coefficient (Wildman–Crippen LogP) is 0.349. The molecule has 0 fully saturated rings. The van der Waals surface area contributed by atoms with E-state index in [2.05, 4.69) is 5.32 Å². The van der Waals surface area contributed by atoms with Crippen molar-refractivity contribution >= 4 is 0 Å². The Morgan fingerprint density at radius 2 is 2.36 bits per heavy atom. The van der Waals surface area contributed by atoms with Gasteiger partial charge in [0.15, 0.2) is 6.23 Å². The summed E-state index contributed by atoms with van der Waals surface area (Å²) in [6, 6.07) is 0. The van der Waals surface area contributed by atoms with E-state index in [9.17, 15) is 10.1 Å². The Balaban J connectivity index is 2.09. The van der Waals surface area contributed by atoms with Gasteiger partial charge in [-0.15, -0.1) is 0 Å². The van der Waals surface area contributed by atoms with E-state index in [0.717, 1.165) is 0 Å². The summed E-state index contributed by atoms with van der Waals surface area (Å²) in [6.45, 7) is 0. The lowest BCUT2D eigenvalue weighted by Gasteiger charge is -2.26. The number of nitro groups is 1. The van der Waals surface area contributed by atoms with Crippen molar-refractivity contribution in [3.8, 4) is 0 Å². The molecule has 0 spiro atoms. The smallest absolute Gasteiger partial charge is 0.368 e. The van der Waals surface area contributed by atoms with Gasteiger partial charge in [-0.2, -0.15) is 0 Å². The third-order valence-electron chi connectivity index (χ3n) is 1.95. The van der Waals surface area contributed by atoms with Crippen LogP contribution in [0.1, 0.15) is 0 Å². The van der Waals surface area contributed by atoms with E-state index in [0.29, 0.717) is 0 Å². The minimum absolute atomic E-state index is 0.407. The molecule has 0 aromatic heterocycles. The molecule has 0 aromatic rings. The van der Waals surface area contributed by atoms with Crippen LogP contribution in [-0.4, -0.2) is 22.3 Å². The Morgan fingerprint density at radius 1 is 1.50 bits per heavy atom. The van der Waals surface area contributed by atoms with Crippen molar-refractivity contribution in [3.63, 3.8) is 0 Å². The van der Waals surface area contributed by atoms with E-state index in [1.807, 2.05) is 0 Å². The second-order valence-corrected chi connectivity index (χ2v) is 2.83. The van der Waals surface area contributed by atoms with Crippen LogP contribution < -0.4 is 5.32 Å². The van der Waals surface area contributed by atoms with Gasteiger partial charge in [-0.1, -0.05) is 6.08 Å². The van der Waals surface area contributed by atoms with E-state index in [1.165, 1.54) is 17.4 Å². The molecule has 0 saturated carbocycles. The summed E-state index contributed by atoms with van der Waals surface area (Å²) in [6.07, 6.45) is 8.53. The molecule has 2 aliphatic heterocycles. The van der Waals surface area contributed by atoms with Crippen LogP contribution in [0.25, 0.3) is 0 Å². The first-order valence-electron chi connectivity index (χ1n) is 4.11. The number of nitrogens with zero attached hydrogens (tertiary/aromatic N) is 2. The molecular weight excluding hydrogens is 186 g/mol. The highest BCUT2D eigenvalue weighted by atomic mass is 16.6. The lowest BCUT2D eigenvalue weighted by atomic mass is 10.3. The summed E-state index contributed by atoms with van der Waals surface area (Å²) < 4.78 is 5.21. The number of hydrogen-bond donors (Lipinski definition) is 1. The van der Waals surface area contributed by atoms with Crippen molar-refractivity contribution < 1.29 is 9.66 Å². The van der Waals surface area contributed by atoms with Crippen molar-refractivity contribution in [2.24, 2.45) is 0 Å². The van der Waals surface area contributed by atoms with Gasteiger partial charge >= 0.3 is 6.29 Å². The zero-order valence-electron chi connectivity index (χ0n) is 7.24. The second kappa shape index (κ2) is 3.41. The number of rotatable bonds is 2. The van der Waals surface area contributed by atoms with Gasteiger partial charge in [0.1, 0.15) is 0 Å². The topological polar surface area (TPSA) is 67.6 Å². The van der Waals surface area contributed by atoms with E-state index < -0.39 is 17.4 Å². The number of nitrogens with one attached hydrogen (secondary N) is 1. The van der Waals surface area contributed by atoms with Gasteiger partial charge in [-0.25, -0.2) is 0 Å². The molecule has 2 aliphatic rings. The number of allylic oxidation sites excluding steroid dienone is 2. The largest absolute Gasteiger partial charge is 0.474 e. The molecule has 0 amide bonds. The summed E-state index contributed by atoms with van der Waals surface area (Å²) in [5.74, 6) is 0. The average molecular weight is 195 g/mol. The van der Waals surface area contributed by atoms with Crippen LogP contribution in [0.15, 0.2) is 36.9 Å². The van der Waals surface area contributed by atoms with Crippen LogP contribution in [0, 0.1) is 10.1 Å². The normalized spacial score (nSPS) is 28.7. The molecule has 14 heavy (non-hydrogen) atoms. The highest BCUT2D eigenvalue weighted by molar-refractivity contribution is 5.09. The molecule has 0 radical (unpaired) electrons. The van der Waals surface area contributed by atoms with Gasteiger partial charge in [0.05, 0.1) is 11.2 Å². The second-order valence-electron chi connectivity index (χ2n) is 2.83. The lowest BCUT2D eigenvalue weighted by molar-refractivity contribution is -0.553. The first kappa shape index (κ1) is 8.61. The highest BCUT2D eigenvalue weighted by Gasteiger charge is 2.34. The van der Waals surface area contributed by atoms with Crippen LogP contribution in [0.2, 0.25) is 0 Å². The zero-order valence-corrected chi connectivity index (χ0v) is 7.24. The molecule has 74 valence electrons. The number of hydrogen-bond acceptors (Lipinski definition) is 5. The quantitative estimate of drug-likeness (QED) is 0.508. The van der Waals surface area contributed by atoms with Gasteiger partial charge in [0.2, 0.25) is 0 Å². The molecule has 2 heterocycles. The maximum Gasteiger partial charge on any atom is 0.368 e. The monoisotopic (exact) mass is 195 g/mol. The van der Waals surface area contributed by atoms with Crippen molar-refractivity contribution in [1.29, 1.82) is 0 Å². The molecule has 0 bridgehead atoms. The molecule has 2 atom stereocenters. The third-order valence-corrected chi connectivity index (χ3v) is 1.95. The van der Waals surface area contributed by atoms with Gasteiger partial charge < -0.3 is 10.1 Å². The zero-order chi connectivity index (χ0) is 9.97. The van der Waals surface area contributed by atoms with Crippen LogP contribution in [0.4, 0.5) is 0 Å². The molecule has 6 heteroatoms. The predicted molar refractivity (Wildman–Crippen MR) is 48.1 cm³/mol. The third kappa shape index (κ3) is 1.41. The van der Waals surface area contributed by atoms with Crippen molar-refractivity contribution in [1.82, 2.24) is 10.2 Å². The summed E-state index contributed by atoms with van der Waals surface area (Å²) in [5, 5.41) is 13.2. The van der Waals surface area contributed by atoms with Gasteiger partial charge in [0, 0.05) is 12.4 Å². The van der Waals surface area contributed by atoms with Gasteiger partial charge in [0.25, 0.3) is 0 Å². The number of ether oxygens (including phenoxy) is 1. The SMILES string of the molecule is O=[N+]([O-])C1NC=CN1C1C=CC=CO1. The van der Waals surface area contributed by atoms with Gasteiger partial charge in [-0.3, -0.25) is 15.0 Å². The lowest BCUT2D eigenvalue weighted by Crippen LogP contribution is -2.47. The fourth-order valence-corrected chi connectivity index (χ4v) is 1.32. The van der Waals surface area contributed by atoms with Crippen LogP contribution in [0.3, 0.4) is 0 Å². The van der Waals surface area contributed by atoms with Crippen molar-refractivity contribution in [2.45, 2.75) is 12.5 Å². The molecule has 1 N–H and O–H groups in total. The molecular formula is C8H9N3O3. The standard InChI is InChI=1S/C8H9N3O3/c12-11(13)8-9-4-5-10(8)7-3-1-2-6-14-7/h1-9H. The molecule has 2 rings (SSSR count). The summed E-state index contributed by atoms with van der Waals surface area (Å²) in [5.41, 5.74) is 0. The fraction of sp³-hybridized carbons (Fsp3) is 0.250. The molecule has 2 unspecified atom stereocenters. The Labute approximate surface area is 80.3 Å². The molecule has 0 aliphatic carbocycles. The minimum Gasteiger partial charge on any atom is -0.474 e. The minimum atomic E-state index is -0.948. The molecule has 6 nitrogen and oxygen atoms in total. The Hall–Kier alpha value is -1.98. The highest BCUT2D eigenvalue weighted by Crippen LogP contribution is 2.15. The summed E-state index contributed by atoms with van der Waals surface area (Å²) in [4.78, 5) is 11.7. The van der Waals surface area contributed by atoms with E-state index in [4.69, 9.17) is 4.74 Å². The van der Waals surface area contributed by atoms with Crippen LogP contribution in [0.5, 0.6) is 0 Å². The van der Waals surface area contributed by atoms with E-state index >= 15 is 0 Å². The maximum absolute atomic E-state index is 10.6. The first-order valence-corrected chi connectivity index (χ1v) is 4.11.